The Balaban J connectivity index is 2.02. The molecule has 0 aromatic heterocycles. The molecule has 3 rings (SSSR count). The molecular weight excluding hydrogens is 328 g/mol. The highest BCUT2D eigenvalue weighted by atomic mass is 79.9. The summed E-state index contributed by atoms with van der Waals surface area (Å²) >= 11 is 3.24. The monoisotopic (exact) mass is 340 g/mol. The lowest BCUT2D eigenvalue weighted by atomic mass is 9.89. The first kappa shape index (κ1) is 13.4. The van der Waals surface area contributed by atoms with E-state index in [1.807, 2.05) is 4.90 Å². The third kappa shape index (κ3) is 1.96. The normalized spacial score (nSPS) is 27.9. The molecule has 0 radical (unpaired) electrons. The molecule has 1 aromatic carbocycles. The Hall–Kier alpha value is -1.63. The van der Waals surface area contributed by atoms with Crippen LogP contribution in [0.5, 0.6) is 0 Å². The van der Waals surface area contributed by atoms with Crippen molar-refractivity contribution in [2.24, 2.45) is 5.92 Å². The van der Waals surface area contributed by atoms with Crippen LogP contribution in [-0.2, 0) is 4.79 Å². The molecule has 2 heterocycles. The number of aliphatic carboxylic acids is 1. The van der Waals surface area contributed by atoms with Crippen molar-refractivity contribution >= 4 is 33.3 Å². The van der Waals surface area contributed by atoms with E-state index >= 15 is 0 Å². The lowest BCUT2D eigenvalue weighted by Gasteiger charge is -2.25. The van der Waals surface area contributed by atoms with E-state index < -0.39 is 16.8 Å². The SMILES string of the molecule is O=C(O)C1CC2CCC1N2c1ccc(Br)cc1[N+](=O)[O-]. The molecule has 0 amide bonds. The van der Waals surface area contributed by atoms with Crippen molar-refractivity contribution in [3.63, 3.8) is 0 Å². The van der Waals surface area contributed by atoms with Crippen molar-refractivity contribution in [2.75, 3.05) is 4.90 Å². The van der Waals surface area contributed by atoms with Crippen LogP contribution in [0.3, 0.4) is 0 Å². The van der Waals surface area contributed by atoms with E-state index in [2.05, 4.69) is 15.9 Å². The smallest absolute Gasteiger partial charge is 0.308 e. The zero-order valence-corrected chi connectivity index (χ0v) is 12.1. The summed E-state index contributed by atoms with van der Waals surface area (Å²) < 4.78 is 0.647. The first-order valence-electron chi connectivity index (χ1n) is 6.44. The van der Waals surface area contributed by atoms with E-state index in [1.165, 1.54) is 6.07 Å². The van der Waals surface area contributed by atoms with Crippen LogP contribution in [0.4, 0.5) is 11.4 Å². The fraction of sp³-hybridized carbons (Fsp3) is 0.462. The lowest BCUT2D eigenvalue weighted by molar-refractivity contribution is -0.384. The van der Waals surface area contributed by atoms with Gasteiger partial charge in [-0.3, -0.25) is 14.9 Å². The molecule has 2 aliphatic heterocycles. The quantitative estimate of drug-likeness (QED) is 0.675. The van der Waals surface area contributed by atoms with Gasteiger partial charge in [0.2, 0.25) is 0 Å². The maximum Gasteiger partial charge on any atom is 0.308 e. The van der Waals surface area contributed by atoms with Gasteiger partial charge < -0.3 is 10.0 Å². The Morgan fingerprint density at radius 1 is 1.45 bits per heavy atom. The summed E-state index contributed by atoms with van der Waals surface area (Å²) in [4.78, 5) is 24.0. The molecule has 0 aliphatic carbocycles. The van der Waals surface area contributed by atoms with Crippen LogP contribution in [0.1, 0.15) is 19.3 Å². The molecule has 2 aliphatic rings. The molecule has 6 nitrogen and oxygen atoms in total. The minimum Gasteiger partial charge on any atom is -0.481 e. The fourth-order valence-corrected chi connectivity index (χ4v) is 3.84. The summed E-state index contributed by atoms with van der Waals surface area (Å²) in [6.07, 6.45) is 2.27. The van der Waals surface area contributed by atoms with E-state index in [9.17, 15) is 20.0 Å². The standard InChI is InChI=1S/C13H13BrN2O4/c14-7-1-3-11(12(5-7)16(19)20)15-8-2-4-10(15)9(6-8)13(17)18/h1,3,5,8-10H,2,4,6H2,(H,17,18). The third-order valence-electron chi connectivity index (χ3n) is 4.27. The van der Waals surface area contributed by atoms with Crippen LogP contribution >= 0.6 is 15.9 Å². The second-order valence-electron chi connectivity index (χ2n) is 5.28. The second-order valence-corrected chi connectivity index (χ2v) is 6.19. The third-order valence-corrected chi connectivity index (χ3v) is 4.76. The van der Waals surface area contributed by atoms with Crippen LogP contribution in [0, 0.1) is 16.0 Å². The van der Waals surface area contributed by atoms with Crippen molar-refractivity contribution in [2.45, 2.75) is 31.3 Å². The number of carboxylic acids is 1. The highest BCUT2D eigenvalue weighted by Crippen LogP contribution is 2.47. The van der Waals surface area contributed by atoms with Crippen LogP contribution in [0.15, 0.2) is 22.7 Å². The van der Waals surface area contributed by atoms with Crippen LogP contribution < -0.4 is 4.90 Å². The molecule has 0 spiro atoms. The first-order chi connectivity index (χ1) is 9.49. The number of anilines is 1. The molecule has 106 valence electrons. The van der Waals surface area contributed by atoms with Gasteiger partial charge in [-0.25, -0.2) is 0 Å². The van der Waals surface area contributed by atoms with Gasteiger partial charge in [-0.05, 0) is 31.4 Å². The largest absolute Gasteiger partial charge is 0.481 e. The van der Waals surface area contributed by atoms with Gasteiger partial charge >= 0.3 is 5.97 Å². The highest BCUT2D eigenvalue weighted by Gasteiger charge is 2.50. The van der Waals surface area contributed by atoms with Crippen LogP contribution in [0.25, 0.3) is 0 Å². The van der Waals surface area contributed by atoms with E-state index in [4.69, 9.17) is 0 Å². The number of nitrogens with zero attached hydrogens (tertiary/aromatic N) is 2. The van der Waals surface area contributed by atoms with E-state index in [0.29, 0.717) is 16.6 Å². The van der Waals surface area contributed by atoms with Gasteiger partial charge in [-0.15, -0.1) is 0 Å². The zero-order valence-electron chi connectivity index (χ0n) is 10.5. The van der Waals surface area contributed by atoms with E-state index in [-0.39, 0.29) is 17.8 Å². The highest BCUT2D eigenvalue weighted by molar-refractivity contribution is 9.10. The van der Waals surface area contributed by atoms with Gasteiger partial charge in [0.25, 0.3) is 5.69 Å². The lowest BCUT2D eigenvalue weighted by Crippen LogP contribution is -2.33. The number of carbonyl (C=O) groups is 1. The molecule has 2 bridgehead atoms. The molecule has 2 saturated heterocycles. The number of hydrogen-bond acceptors (Lipinski definition) is 4. The first-order valence-corrected chi connectivity index (χ1v) is 7.23. The van der Waals surface area contributed by atoms with Gasteiger partial charge in [-0.2, -0.15) is 0 Å². The maximum atomic E-state index is 11.3. The molecule has 1 N–H and O–H groups in total. The average molecular weight is 341 g/mol. The molecular formula is C13H13BrN2O4. The molecule has 3 atom stereocenters. The number of halogens is 1. The Kier molecular flexibility index (Phi) is 3.16. The molecule has 20 heavy (non-hydrogen) atoms. The zero-order chi connectivity index (χ0) is 14.4. The second kappa shape index (κ2) is 4.73. The van der Waals surface area contributed by atoms with Gasteiger partial charge in [0.15, 0.2) is 0 Å². The summed E-state index contributed by atoms with van der Waals surface area (Å²) in [5.74, 6) is -1.22. The summed E-state index contributed by atoms with van der Waals surface area (Å²) in [7, 11) is 0. The minimum atomic E-state index is -0.804. The van der Waals surface area contributed by atoms with Crippen molar-refractivity contribution in [1.82, 2.24) is 0 Å². The number of nitro benzene ring substituents is 1. The van der Waals surface area contributed by atoms with Gasteiger partial charge in [0, 0.05) is 22.6 Å². The Labute approximate surface area is 123 Å². The molecule has 0 saturated carbocycles. The Morgan fingerprint density at radius 2 is 2.20 bits per heavy atom. The number of fused-ring (bicyclic) bond motifs is 2. The Morgan fingerprint density at radius 3 is 2.80 bits per heavy atom. The number of hydrogen-bond donors (Lipinski definition) is 1. The minimum absolute atomic E-state index is 0.0299. The predicted molar refractivity (Wildman–Crippen MR) is 75.8 cm³/mol. The molecule has 3 unspecified atom stereocenters. The predicted octanol–water partition coefficient (Wildman–Crippen LogP) is 2.80. The fourth-order valence-electron chi connectivity index (χ4n) is 3.49. The summed E-state index contributed by atoms with van der Waals surface area (Å²) in [6.45, 7) is 0. The summed E-state index contributed by atoms with van der Waals surface area (Å²) in [5.41, 5.74) is 0.566. The number of rotatable bonds is 3. The van der Waals surface area contributed by atoms with Crippen LogP contribution in [-0.4, -0.2) is 28.1 Å². The molecule has 7 heteroatoms. The number of carboxylic acid groups (broad SMARTS) is 1. The molecule has 2 fully saturated rings. The maximum absolute atomic E-state index is 11.3. The van der Waals surface area contributed by atoms with Crippen molar-refractivity contribution < 1.29 is 14.8 Å². The van der Waals surface area contributed by atoms with Crippen molar-refractivity contribution in [1.29, 1.82) is 0 Å². The van der Waals surface area contributed by atoms with Crippen LogP contribution in [0.2, 0.25) is 0 Å². The Bertz CT molecular complexity index is 592. The van der Waals surface area contributed by atoms with E-state index in [0.717, 1.165) is 12.8 Å². The summed E-state index contributed by atoms with van der Waals surface area (Å²) in [5, 5.41) is 20.5. The van der Waals surface area contributed by atoms with E-state index in [1.54, 1.807) is 12.1 Å². The van der Waals surface area contributed by atoms with Crippen molar-refractivity contribution in [3.05, 3.63) is 32.8 Å². The molecule has 1 aromatic rings. The average Bonchev–Trinajstić information content (AvgIpc) is 2.96. The van der Waals surface area contributed by atoms with Gasteiger partial charge in [0.1, 0.15) is 5.69 Å². The topological polar surface area (TPSA) is 83.7 Å². The van der Waals surface area contributed by atoms with Gasteiger partial charge in [0.05, 0.1) is 10.8 Å². The van der Waals surface area contributed by atoms with Gasteiger partial charge in [-0.1, -0.05) is 15.9 Å². The number of benzene rings is 1. The summed E-state index contributed by atoms with van der Waals surface area (Å²) in [6, 6.07) is 4.91. The van der Waals surface area contributed by atoms with Crippen molar-refractivity contribution in [3.8, 4) is 0 Å². The number of nitro groups is 1.